The zero-order valence-electron chi connectivity index (χ0n) is 18.1. The Morgan fingerprint density at radius 3 is 2.39 bits per heavy atom. The summed E-state index contributed by atoms with van der Waals surface area (Å²) in [5.41, 5.74) is 4.41. The van der Waals surface area contributed by atoms with Crippen LogP contribution in [-0.4, -0.2) is 40.5 Å². The molecule has 2 fully saturated rings. The molecular weight excluding hydrogens is 455 g/mol. The van der Waals surface area contributed by atoms with Gasteiger partial charge in [-0.15, -0.1) is 0 Å². The number of nitrogens with zero attached hydrogens (tertiary/aromatic N) is 4. The summed E-state index contributed by atoms with van der Waals surface area (Å²) in [5, 5.41) is 8.04. The molecule has 0 atom stereocenters. The van der Waals surface area contributed by atoms with Crippen LogP contribution in [0.5, 0.6) is 0 Å². The molecule has 2 N–H and O–H groups in total. The molecule has 0 unspecified atom stereocenters. The highest BCUT2D eigenvalue weighted by molar-refractivity contribution is 6.39. The molecule has 0 amide bonds. The maximum absolute atomic E-state index is 6.36. The Bertz CT molecular complexity index is 1280. The molecule has 0 saturated carbocycles. The third-order valence-electron chi connectivity index (χ3n) is 6.78. The highest BCUT2D eigenvalue weighted by atomic mass is 35.5. The monoisotopic (exact) mass is 478 g/mol. The van der Waals surface area contributed by atoms with Gasteiger partial charge in [0, 0.05) is 53.4 Å². The Balaban J connectivity index is 1.17. The van der Waals surface area contributed by atoms with Gasteiger partial charge in [0.1, 0.15) is 0 Å². The van der Waals surface area contributed by atoms with Gasteiger partial charge in [0.2, 0.25) is 5.78 Å². The fraction of sp³-hybridized carbons (Fsp3) is 0.280. The molecule has 4 aromatic rings. The second kappa shape index (κ2) is 8.20. The minimum absolute atomic E-state index is 0.527. The molecule has 2 saturated heterocycles. The van der Waals surface area contributed by atoms with E-state index in [2.05, 4.69) is 49.8 Å². The molecule has 2 aliphatic heterocycles. The van der Waals surface area contributed by atoms with Crippen LogP contribution >= 0.6 is 23.2 Å². The van der Waals surface area contributed by atoms with Crippen molar-refractivity contribution in [3.63, 3.8) is 0 Å². The van der Waals surface area contributed by atoms with Gasteiger partial charge in [0.05, 0.1) is 16.2 Å². The molecule has 6 rings (SSSR count). The highest BCUT2D eigenvalue weighted by Gasteiger charge is 2.43. The van der Waals surface area contributed by atoms with Gasteiger partial charge in [0.15, 0.2) is 5.82 Å². The molecule has 8 heteroatoms. The number of aromatic nitrogens is 3. The summed E-state index contributed by atoms with van der Waals surface area (Å²) in [7, 11) is 0. The number of nitrogens with one attached hydrogen (secondary N) is 2. The van der Waals surface area contributed by atoms with Gasteiger partial charge in [-0.3, -0.25) is 4.40 Å². The van der Waals surface area contributed by atoms with Crippen LogP contribution in [0.2, 0.25) is 10.0 Å². The maximum Gasteiger partial charge on any atom is 0.235 e. The van der Waals surface area contributed by atoms with Gasteiger partial charge in [-0.2, -0.15) is 4.98 Å². The molecule has 0 aliphatic carbocycles. The van der Waals surface area contributed by atoms with E-state index in [1.807, 2.05) is 35.0 Å². The van der Waals surface area contributed by atoms with E-state index in [9.17, 15) is 0 Å². The second-order valence-corrected chi connectivity index (χ2v) is 9.87. The first-order valence-electron chi connectivity index (χ1n) is 11.2. The van der Waals surface area contributed by atoms with Crippen LogP contribution in [0.15, 0.2) is 61.1 Å². The first-order chi connectivity index (χ1) is 16.1. The summed E-state index contributed by atoms with van der Waals surface area (Å²) in [5.74, 6) is 1.34. The Morgan fingerprint density at radius 2 is 1.67 bits per heavy atom. The number of anilines is 3. The molecule has 2 aromatic heterocycles. The first kappa shape index (κ1) is 20.8. The van der Waals surface area contributed by atoms with Crippen molar-refractivity contribution in [2.24, 2.45) is 5.41 Å². The number of benzene rings is 2. The third-order valence-corrected chi connectivity index (χ3v) is 7.41. The number of hydrogen-bond donors (Lipinski definition) is 2. The molecule has 4 heterocycles. The topological polar surface area (TPSA) is 57.5 Å². The number of fused-ring (bicyclic) bond motifs is 1. The lowest BCUT2D eigenvalue weighted by atomic mass is 9.72. The number of piperidine rings is 1. The van der Waals surface area contributed by atoms with Crippen molar-refractivity contribution in [3.8, 4) is 11.1 Å². The van der Waals surface area contributed by atoms with E-state index in [0.717, 1.165) is 48.8 Å². The van der Waals surface area contributed by atoms with E-state index >= 15 is 0 Å². The molecule has 0 bridgehead atoms. The van der Waals surface area contributed by atoms with Crippen molar-refractivity contribution in [2.45, 2.75) is 12.8 Å². The third kappa shape index (κ3) is 3.92. The van der Waals surface area contributed by atoms with Crippen LogP contribution in [0, 0.1) is 5.41 Å². The Morgan fingerprint density at radius 1 is 0.939 bits per heavy atom. The van der Waals surface area contributed by atoms with Crippen molar-refractivity contribution in [1.82, 2.24) is 19.7 Å². The molecule has 6 nitrogen and oxygen atoms in total. The van der Waals surface area contributed by atoms with E-state index in [0.29, 0.717) is 21.2 Å². The summed E-state index contributed by atoms with van der Waals surface area (Å²) in [6.07, 6.45) is 8.18. The average Bonchev–Trinajstić information content (AvgIpc) is 3.20. The Kier molecular flexibility index (Phi) is 5.17. The summed E-state index contributed by atoms with van der Waals surface area (Å²) in [4.78, 5) is 11.5. The van der Waals surface area contributed by atoms with Crippen LogP contribution in [0.25, 0.3) is 16.9 Å². The zero-order valence-corrected chi connectivity index (χ0v) is 19.6. The van der Waals surface area contributed by atoms with E-state index in [1.54, 1.807) is 6.20 Å². The number of imidazole rings is 1. The molecule has 1 spiro atoms. The average molecular weight is 479 g/mol. The second-order valence-electron chi connectivity index (χ2n) is 9.05. The lowest BCUT2D eigenvalue weighted by molar-refractivity contribution is 0.150. The predicted molar refractivity (Wildman–Crippen MR) is 135 cm³/mol. The van der Waals surface area contributed by atoms with E-state index in [-0.39, 0.29) is 0 Å². The van der Waals surface area contributed by atoms with Crippen LogP contribution in [-0.2, 0) is 0 Å². The zero-order chi connectivity index (χ0) is 22.4. The molecule has 168 valence electrons. The van der Waals surface area contributed by atoms with Gasteiger partial charge in [-0.1, -0.05) is 29.3 Å². The van der Waals surface area contributed by atoms with Crippen LogP contribution in [0.3, 0.4) is 0 Å². The Labute approximate surface area is 202 Å². The molecule has 33 heavy (non-hydrogen) atoms. The molecular formula is C25H24Cl2N6. The van der Waals surface area contributed by atoms with Crippen LogP contribution in [0.1, 0.15) is 12.8 Å². The maximum atomic E-state index is 6.36. The smallest absolute Gasteiger partial charge is 0.235 e. The van der Waals surface area contributed by atoms with E-state index < -0.39 is 0 Å². The quantitative estimate of drug-likeness (QED) is 0.397. The normalized spacial score (nSPS) is 17.3. The van der Waals surface area contributed by atoms with Gasteiger partial charge in [0.25, 0.3) is 0 Å². The Hall–Kier alpha value is -2.80. The van der Waals surface area contributed by atoms with E-state index in [1.165, 1.54) is 18.5 Å². The standard InChI is InChI=1S/C25H24Cl2N6/c26-20-2-1-3-21(27)23(20)17-12-29-24-31-22(14-32(24)13-17)30-18-4-6-19(7-5-18)33-15-25(16-33)8-10-28-11-9-25/h1-7,12-14,28,30H,8-11,15-16H2. The minimum Gasteiger partial charge on any atom is -0.370 e. The first-order valence-corrected chi connectivity index (χ1v) is 12.0. The van der Waals surface area contributed by atoms with Crippen molar-refractivity contribution < 1.29 is 0 Å². The van der Waals surface area contributed by atoms with Crippen molar-refractivity contribution in [3.05, 3.63) is 71.1 Å². The fourth-order valence-corrected chi connectivity index (χ4v) is 5.59. The summed E-state index contributed by atoms with van der Waals surface area (Å²) in [6.45, 7) is 4.63. The van der Waals surface area contributed by atoms with Gasteiger partial charge in [-0.25, -0.2) is 4.98 Å². The van der Waals surface area contributed by atoms with Crippen molar-refractivity contribution in [2.75, 3.05) is 36.4 Å². The highest BCUT2D eigenvalue weighted by Crippen LogP contribution is 2.41. The van der Waals surface area contributed by atoms with Gasteiger partial charge in [-0.05, 0) is 62.3 Å². The van der Waals surface area contributed by atoms with Crippen molar-refractivity contribution >= 4 is 46.2 Å². The van der Waals surface area contributed by atoms with Crippen LogP contribution in [0.4, 0.5) is 17.2 Å². The number of rotatable bonds is 4. The lowest BCUT2D eigenvalue weighted by Crippen LogP contribution is -2.60. The predicted octanol–water partition coefficient (Wildman–Crippen LogP) is 5.64. The summed E-state index contributed by atoms with van der Waals surface area (Å²) in [6, 6.07) is 14.1. The van der Waals surface area contributed by atoms with Gasteiger partial charge >= 0.3 is 0 Å². The largest absolute Gasteiger partial charge is 0.370 e. The molecule has 2 aliphatic rings. The minimum atomic E-state index is 0.527. The van der Waals surface area contributed by atoms with Crippen LogP contribution < -0.4 is 15.5 Å². The number of halogens is 2. The molecule has 2 aromatic carbocycles. The molecule has 0 radical (unpaired) electrons. The van der Waals surface area contributed by atoms with E-state index in [4.69, 9.17) is 23.2 Å². The SMILES string of the molecule is Clc1cccc(Cl)c1-c1cnc2nc(Nc3ccc(N4CC5(CCNCC5)C4)cc3)cn2c1. The summed E-state index contributed by atoms with van der Waals surface area (Å²) >= 11 is 12.7. The fourth-order valence-electron chi connectivity index (χ4n) is 4.97. The van der Waals surface area contributed by atoms with Crippen molar-refractivity contribution in [1.29, 1.82) is 0 Å². The van der Waals surface area contributed by atoms with Gasteiger partial charge < -0.3 is 15.5 Å². The number of hydrogen-bond acceptors (Lipinski definition) is 5. The lowest BCUT2D eigenvalue weighted by Gasteiger charge is -2.53. The summed E-state index contributed by atoms with van der Waals surface area (Å²) < 4.78 is 1.88.